The molecule has 1 heterocycles. The highest BCUT2D eigenvalue weighted by atomic mass is 32.2. The number of carbonyl (C=O) groups is 1. The number of rotatable bonds is 5. The van der Waals surface area contributed by atoms with Crippen LogP contribution in [-0.2, 0) is 11.2 Å². The third-order valence-corrected chi connectivity index (χ3v) is 6.43. The van der Waals surface area contributed by atoms with Crippen molar-refractivity contribution in [3.63, 3.8) is 0 Å². The molecule has 0 bridgehead atoms. The molecule has 4 atom stereocenters. The number of hydrogen-bond acceptors (Lipinski definition) is 4. The van der Waals surface area contributed by atoms with Crippen molar-refractivity contribution in [2.45, 2.75) is 37.4 Å². The second-order valence-electron chi connectivity index (χ2n) is 6.95. The lowest BCUT2D eigenvalue weighted by Gasteiger charge is -2.23. The molecule has 2 fully saturated rings. The van der Waals surface area contributed by atoms with Gasteiger partial charge in [0.1, 0.15) is 11.5 Å². The van der Waals surface area contributed by atoms with Crippen LogP contribution in [0.2, 0.25) is 0 Å². The number of piperidine rings is 1. The van der Waals surface area contributed by atoms with E-state index < -0.39 is 34.8 Å². The number of amides is 1. The van der Waals surface area contributed by atoms with Crippen LogP contribution in [0.15, 0.2) is 23.1 Å². The van der Waals surface area contributed by atoms with Gasteiger partial charge in [-0.25, -0.2) is 0 Å². The summed E-state index contributed by atoms with van der Waals surface area (Å²) in [5.74, 6) is -0.280. The number of ether oxygens (including phenoxy) is 1. The fraction of sp³-hybridized carbons (Fsp3) is 0.556. The number of hydrogen-bond donors (Lipinski definition) is 0. The summed E-state index contributed by atoms with van der Waals surface area (Å²) >= 11 is -1.37. The second-order valence-corrected chi connectivity index (χ2v) is 8.69. The molecular formula is C18H19F3N2O3S. The Bertz CT molecular complexity index is 795. The van der Waals surface area contributed by atoms with Crippen LogP contribution >= 0.6 is 0 Å². The standard InChI is InChI=1S/C18H19F3N2O3S/c1-3-27(25)13-4-5-15(26-11(2)18(19,20)21)14(6-13)16(24)23-8-12-7-17(12,9-22)10-23/h4-6,11-12H,3,7-8,10H2,1-2H3/t11-,12?,17?,27?/m1/s1. The number of nitriles is 1. The first kappa shape index (κ1) is 19.8. The van der Waals surface area contributed by atoms with Gasteiger partial charge in [0.2, 0.25) is 0 Å². The number of carbonyl (C=O) groups excluding carboxylic acids is 1. The van der Waals surface area contributed by atoms with Gasteiger partial charge in [-0.2, -0.15) is 18.4 Å². The van der Waals surface area contributed by atoms with Crippen LogP contribution in [0.4, 0.5) is 13.2 Å². The van der Waals surface area contributed by atoms with E-state index in [-0.39, 0.29) is 23.8 Å². The van der Waals surface area contributed by atoms with Crippen molar-refractivity contribution in [3.8, 4) is 11.8 Å². The second kappa shape index (κ2) is 6.91. The number of likely N-dealkylation sites (tertiary alicyclic amines) is 1. The first-order valence-corrected chi connectivity index (χ1v) is 9.89. The summed E-state index contributed by atoms with van der Waals surface area (Å²) in [6.45, 7) is 3.21. The fourth-order valence-electron chi connectivity index (χ4n) is 3.33. The van der Waals surface area contributed by atoms with Gasteiger partial charge in [0.25, 0.3) is 5.91 Å². The van der Waals surface area contributed by atoms with Gasteiger partial charge in [-0.05, 0) is 49.5 Å². The highest BCUT2D eigenvalue weighted by Gasteiger charge is 2.61. The molecule has 27 heavy (non-hydrogen) atoms. The predicted octanol–water partition coefficient (Wildman–Crippen LogP) is 3.13. The normalized spacial score (nSPS) is 26.1. The maximum Gasteiger partial charge on any atom is 0.425 e. The van der Waals surface area contributed by atoms with E-state index in [1.54, 1.807) is 6.92 Å². The Labute approximate surface area is 158 Å². The molecular weight excluding hydrogens is 381 g/mol. The monoisotopic (exact) mass is 400 g/mol. The molecule has 5 nitrogen and oxygen atoms in total. The van der Waals surface area contributed by atoms with E-state index in [9.17, 15) is 27.8 Å². The molecule has 0 spiro atoms. The molecule has 2 aliphatic rings. The molecule has 1 aromatic carbocycles. The molecule has 1 aliphatic carbocycles. The first-order chi connectivity index (χ1) is 12.6. The van der Waals surface area contributed by atoms with Gasteiger partial charge >= 0.3 is 6.18 Å². The molecule has 0 radical (unpaired) electrons. The molecule has 3 rings (SSSR count). The highest BCUT2D eigenvalue weighted by Crippen LogP contribution is 2.57. The Morgan fingerprint density at radius 3 is 2.81 bits per heavy atom. The molecule has 146 valence electrons. The van der Waals surface area contributed by atoms with E-state index in [2.05, 4.69) is 6.07 Å². The summed E-state index contributed by atoms with van der Waals surface area (Å²) in [6, 6.07) is 6.24. The molecule has 0 aromatic heterocycles. The van der Waals surface area contributed by atoms with Gasteiger partial charge in [0, 0.05) is 19.2 Å². The quantitative estimate of drug-likeness (QED) is 0.712. The minimum atomic E-state index is -4.58. The Morgan fingerprint density at radius 2 is 2.26 bits per heavy atom. The van der Waals surface area contributed by atoms with Gasteiger partial charge in [0.05, 0.1) is 17.0 Å². The molecule has 9 heteroatoms. The van der Waals surface area contributed by atoms with Gasteiger partial charge in [0.15, 0.2) is 11.0 Å². The van der Waals surface area contributed by atoms with Gasteiger partial charge in [-0.1, -0.05) is 0 Å². The van der Waals surface area contributed by atoms with Gasteiger partial charge in [-0.15, -0.1) is 0 Å². The van der Waals surface area contributed by atoms with E-state index >= 15 is 0 Å². The van der Waals surface area contributed by atoms with E-state index in [1.807, 2.05) is 0 Å². The van der Waals surface area contributed by atoms with Crippen LogP contribution in [0, 0.1) is 22.7 Å². The summed E-state index contributed by atoms with van der Waals surface area (Å²) in [5, 5.41) is 9.27. The summed E-state index contributed by atoms with van der Waals surface area (Å²) in [5.41, 5.74) is -0.584. The zero-order valence-corrected chi connectivity index (χ0v) is 15.7. The molecule has 0 N–H and O–H groups in total. The van der Waals surface area contributed by atoms with Crippen LogP contribution in [-0.4, -0.2) is 46.5 Å². The fourth-order valence-corrected chi connectivity index (χ4v) is 4.13. The zero-order chi connectivity index (χ0) is 20.0. The first-order valence-electron chi connectivity index (χ1n) is 8.57. The SMILES string of the molecule is CC[S+]([O-])c1ccc(O[C@H](C)C(F)(F)F)c(C(=O)N2CC3CC3(C#N)C2)c1. The summed E-state index contributed by atoms with van der Waals surface area (Å²) in [7, 11) is 0. The maximum absolute atomic E-state index is 12.9. The van der Waals surface area contributed by atoms with Crippen LogP contribution in [0.1, 0.15) is 30.6 Å². The Hall–Kier alpha value is -1.92. The summed E-state index contributed by atoms with van der Waals surface area (Å²) < 4.78 is 55.7. The molecule has 3 unspecified atom stereocenters. The van der Waals surface area contributed by atoms with Crippen LogP contribution in [0.5, 0.6) is 5.75 Å². The smallest absolute Gasteiger partial charge is 0.425 e. The predicted molar refractivity (Wildman–Crippen MR) is 91.6 cm³/mol. The lowest BCUT2D eigenvalue weighted by atomic mass is 10.1. The number of nitrogens with zero attached hydrogens (tertiary/aromatic N) is 2. The molecule has 1 amide bonds. The Kier molecular flexibility index (Phi) is 5.08. The van der Waals surface area contributed by atoms with Crippen LogP contribution in [0.25, 0.3) is 0 Å². The molecule has 1 saturated heterocycles. The van der Waals surface area contributed by atoms with Crippen molar-refractivity contribution in [3.05, 3.63) is 23.8 Å². The van der Waals surface area contributed by atoms with E-state index in [1.165, 1.54) is 23.1 Å². The zero-order valence-electron chi connectivity index (χ0n) is 14.9. The lowest BCUT2D eigenvalue weighted by molar-refractivity contribution is -0.189. The van der Waals surface area contributed by atoms with E-state index in [0.29, 0.717) is 17.2 Å². The number of halogens is 3. The van der Waals surface area contributed by atoms with Crippen LogP contribution in [0.3, 0.4) is 0 Å². The van der Waals surface area contributed by atoms with Crippen molar-refractivity contribution < 1.29 is 27.3 Å². The van der Waals surface area contributed by atoms with Crippen molar-refractivity contribution in [2.75, 3.05) is 18.8 Å². The van der Waals surface area contributed by atoms with E-state index in [0.717, 1.165) is 13.3 Å². The van der Waals surface area contributed by atoms with Gasteiger partial charge < -0.3 is 14.2 Å². The van der Waals surface area contributed by atoms with Gasteiger partial charge in [-0.3, -0.25) is 4.79 Å². The maximum atomic E-state index is 12.9. The van der Waals surface area contributed by atoms with Crippen molar-refractivity contribution in [1.82, 2.24) is 4.90 Å². The number of alkyl halides is 3. The third-order valence-electron chi connectivity index (χ3n) is 5.13. The Morgan fingerprint density at radius 1 is 1.56 bits per heavy atom. The third kappa shape index (κ3) is 3.73. The largest absolute Gasteiger partial charge is 0.611 e. The van der Waals surface area contributed by atoms with Crippen molar-refractivity contribution >= 4 is 17.1 Å². The number of fused-ring (bicyclic) bond motifs is 1. The Balaban J connectivity index is 1.90. The molecule has 1 aromatic rings. The highest BCUT2D eigenvalue weighted by molar-refractivity contribution is 7.91. The molecule has 1 aliphatic heterocycles. The number of benzene rings is 1. The minimum Gasteiger partial charge on any atom is -0.611 e. The van der Waals surface area contributed by atoms with Crippen molar-refractivity contribution in [1.29, 1.82) is 5.26 Å². The minimum absolute atomic E-state index is 0.0558. The average molecular weight is 400 g/mol. The average Bonchev–Trinajstić information content (AvgIpc) is 3.20. The van der Waals surface area contributed by atoms with Crippen LogP contribution < -0.4 is 4.74 Å². The van der Waals surface area contributed by atoms with Crippen molar-refractivity contribution in [2.24, 2.45) is 11.3 Å². The molecule has 1 saturated carbocycles. The summed E-state index contributed by atoms with van der Waals surface area (Å²) in [6.07, 6.45) is -5.93. The topological polar surface area (TPSA) is 76.4 Å². The summed E-state index contributed by atoms with van der Waals surface area (Å²) in [4.78, 5) is 14.8. The lowest BCUT2D eigenvalue weighted by Crippen LogP contribution is -2.34. The van der Waals surface area contributed by atoms with E-state index in [4.69, 9.17) is 4.74 Å².